The maximum Gasteiger partial charge on any atom is 0.359 e. The minimum Gasteiger partial charge on any atom is -0.461 e. The molecule has 1 heterocycles. The van der Waals surface area contributed by atoms with Crippen LogP contribution in [-0.2, 0) is 4.74 Å². The standard InChI is InChI=1S/C12H9N3O2/c1-2-17-12(16)11-10(7-13)14-8-5-3-4-6-9(8)15-11/h3-6H,2H2,1H3. The van der Waals surface area contributed by atoms with Gasteiger partial charge in [0, 0.05) is 0 Å². The number of hydrogen-bond acceptors (Lipinski definition) is 5. The fraction of sp³-hybridized carbons (Fsp3) is 0.167. The van der Waals surface area contributed by atoms with E-state index >= 15 is 0 Å². The lowest BCUT2D eigenvalue weighted by Gasteiger charge is -2.04. The number of nitrogens with zero attached hydrogens (tertiary/aromatic N) is 3. The van der Waals surface area contributed by atoms with Crippen molar-refractivity contribution in [2.75, 3.05) is 6.61 Å². The Morgan fingerprint density at radius 3 is 2.59 bits per heavy atom. The molecule has 1 aromatic carbocycles. The summed E-state index contributed by atoms with van der Waals surface area (Å²) in [6.45, 7) is 1.93. The molecule has 0 fully saturated rings. The fourth-order valence-electron chi connectivity index (χ4n) is 1.42. The maximum absolute atomic E-state index is 11.6. The van der Waals surface area contributed by atoms with Crippen molar-refractivity contribution in [1.29, 1.82) is 5.26 Å². The number of esters is 1. The van der Waals surface area contributed by atoms with Crippen LogP contribution in [0.1, 0.15) is 23.1 Å². The summed E-state index contributed by atoms with van der Waals surface area (Å²) < 4.78 is 4.83. The summed E-state index contributed by atoms with van der Waals surface area (Å²) in [7, 11) is 0. The van der Waals surface area contributed by atoms with Crippen LogP contribution in [-0.4, -0.2) is 22.5 Å². The number of aromatic nitrogens is 2. The average molecular weight is 227 g/mol. The molecule has 0 atom stereocenters. The van der Waals surface area contributed by atoms with Crippen LogP contribution in [0.25, 0.3) is 11.0 Å². The van der Waals surface area contributed by atoms with E-state index in [1.54, 1.807) is 31.2 Å². The third kappa shape index (κ3) is 2.06. The number of para-hydroxylation sites is 2. The van der Waals surface area contributed by atoms with Gasteiger partial charge < -0.3 is 4.74 Å². The molecule has 0 amide bonds. The molecule has 1 aromatic heterocycles. The van der Waals surface area contributed by atoms with Crippen LogP contribution in [0.3, 0.4) is 0 Å². The summed E-state index contributed by atoms with van der Waals surface area (Å²) in [5.41, 5.74) is 1.10. The van der Waals surface area contributed by atoms with Gasteiger partial charge in [-0.25, -0.2) is 14.8 Å². The summed E-state index contributed by atoms with van der Waals surface area (Å²) in [6.07, 6.45) is 0. The number of carbonyl (C=O) groups excluding carboxylic acids is 1. The molecule has 17 heavy (non-hydrogen) atoms. The minimum atomic E-state index is -0.623. The smallest absolute Gasteiger partial charge is 0.359 e. The third-order valence-corrected chi connectivity index (χ3v) is 2.15. The molecule has 0 unspecified atom stereocenters. The van der Waals surface area contributed by atoms with Crippen LogP contribution in [0.15, 0.2) is 24.3 Å². The maximum atomic E-state index is 11.6. The van der Waals surface area contributed by atoms with Gasteiger partial charge in [0.05, 0.1) is 17.6 Å². The first-order valence-electron chi connectivity index (χ1n) is 5.10. The third-order valence-electron chi connectivity index (χ3n) is 2.15. The molecule has 2 rings (SSSR count). The molecular formula is C12H9N3O2. The zero-order valence-corrected chi connectivity index (χ0v) is 9.17. The first-order valence-corrected chi connectivity index (χ1v) is 5.10. The highest BCUT2D eigenvalue weighted by atomic mass is 16.5. The average Bonchev–Trinajstić information content (AvgIpc) is 2.37. The van der Waals surface area contributed by atoms with Gasteiger partial charge in [-0.1, -0.05) is 12.1 Å². The molecule has 0 saturated carbocycles. The van der Waals surface area contributed by atoms with Crippen LogP contribution in [0.5, 0.6) is 0 Å². The van der Waals surface area contributed by atoms with Crippen LogP contribution < -0.4 is 0 Å². The van der Waals surface area contributed by atoms with Gasteiger partial charge in [0.15, 0.2) is 11.4 Å². The van der Waals surface area contributed by atoms with E-state index < -0.39 is 5.97 Å². The first-order chi connectivity index (χ1) is 8.26. The van der Waals surface area contributed by atoms with Crippen molar-refractivity contribution in [3.8, 4) is 6.07 Å². The Hall–Kier alpha value is -2.48. The van der Waals surface area contributed by atoms with Crippen LogP contribution >= 0.6 is 0 Å². The molecule has 5 nitrogen and oxygen atoms in total. The van der Waals surface area contributed by atoms with E-state index in [2.05, 4.69) is 9.97 Å². The molecule has 0 saturated heterocycles. The van der Waals surface area contributed by atoms with Gasteiger partial charge in [0.1, 0.15) is 6.07 Å². The van der Waals surface area contributed by atoms with Gasteiger partial charge in [-0.15, -0.1) is 0 Å². The summed E-state index contributed by atoms with van der Waals surface area (Å²) in [6, 6.07) is 8.90. The summed E-state index contributed by atoms with van der Waals surface area (Å²) >= 11 is 0. The zero-order chi connectivity index (χ0) is 12.3. The highest BCUT2D eigenvalue weighted by Gasteiger charge is 2.16. The molecule has 2 aromatic rings. The Balaban J connectivity index is 2.62. The molecule has 0 aliphatic carbocycles. The summed E-state index contributed by atoms with van der Waals surface area (Å²) in [4.78, 5) is 19.8. The second-order valence-corrected chi connectivity index (χ2v) is 3.24. The molecule has 0 aliphatic rings. The van der Waals surface area contributed by atoms with E-state index in [0.29, 0.717) is 11.0 Å². The van der Waals surface area contributed by atoms with Gasteiger partial charge in [0.25, 0.3) is 0 Å². The number of carbonyl (C=O) groups is 1. The predicted molar refractivity (Wildman–Crippen MR) is 60.2 cm³/mol. The molecule has 0 bridgehead atoms. The Labute approximate surface area is 97.7 Å². The van der Waals surface area contributed by atoms with Crippen molar-refractivity contribution < 1.29 is 9.53 Å². The second-order valence-electron chi connectivity index (χ2n) is 3.24. The van der Waals surface area contributed by atoms with Crippen LogP contribution in [0.4, 0.5) is 0 Å². The number of benzene rings is 1. The highest BCUT2D eigenvalue weighted by molar-refractivity contribution is 5.92. The predicted octanol–water partition coefficient (Wildman–Crippen LogP) is 1.68. The molecule has 0 aliphatic heterocycles. The van der Waals surface area contributed by atoms with Crippen molar-refractivity contribution in [3.63, 3.8) is 0 Å². The molecule has 0 spiro atoms. The second kappa shape index (κ2) is 4.58. The molecule has 84 valence electrons. The number of nitriles is 1. The number of rotatable bonds is 2. The fourth-order valence-corrected chi connectivity index (χ4v) is 1.42. The largest absolute Gasteiger partial charge is 0.461 e. The van der Waals surface area contributed by atoms with E-state index in [-0.39, 0.29) is 18.0 Å². The van der Waals surface area contributed by atoms with Crippen LogP contribution in [0.2, 0.25) is 0 Å². The monoisotopic (exact) mass is 227 g/mol. The zero-order valence-electron chi connectivity index (χ0n) is 9.17. The number of fused-ring (bicyclic) bond motifs is 1. The van der Waals surface area contributed by atoms with E-state index in [4.69, 9.17) is 10.00 Å². The van der Waals surface area contributed by atoms with Gasteiger partial charge in [0.2, 0.25) is 0 Å². The quantitative estimate of drug-likeness (QED) is 0.729. The topological polar surface area (TPSA) is 75.9 Å². The summed E-state index contributed by atoms with van der Waals surface area (Å²) in [5, 5.41) is 8.93. The SMILES string of the molecule is CCOC(=O)c1nc2ccccc2nc1C#N. The van der Waals surface area contributed by atoms with Crippen molar-refractivity contribution in [1.82, 2.24) is 9.97 Å². The van der Waals surface area contributed by atoms with Crippen molar-refractivity contribution in [3.05, 3.63) is 35.7 Å². The van der Waals surface area contributed by atoms with Crippen molar-refractivity contribution in [2.24, 2.45) is 0 Å². The first kappa shape index (κ1) is 11.0. The lowest BCUT2D eigenvalue weighted by molar-refractivity contribution is 0.0519. The molecule has 0 radical (unpaired) electrons. The highest BCUT2D eigenvalue weighted by Crippen LogP contribution is 2.13. The van der Waals surface area contributed by atoms with E-state index in [9.17, 15) is 4.79 Å². The molecule has 5 heteroatoms. The normalized spacial score (nSPS) is 9.88. The van der Waals surface area contributed by atoms with Gasteiger partial charge in [-0.05, 0) is 19.1 Å². The van der Waals surface area contributed by atoms with Gasteiger partial charge in [-0.3, -0.25) is 0 Å². The molecule has 0 N–H and O–H groups in total. The van der Waals surface area contributed by atoms with E-state index in [0.717, 1.165) is 0 Å². The Morgan fingerprint density at radius 2 is 2.00 bits per heavy atom. The van der Waals surface area contributed by atoms with Gasteiger partial charge in [-0.2, -0.15) is 5.26 Å². The minimum absolute atomic E-state index is 0.0119. The van der Waals surface area contributed by atoms with E-state index in [1.165, 1.54) is 0 Å². The van der Waals surface area contributed by atoms with E-state index in [1.807, 2.05) is 6.07 Å². The number of hydrogen-bond donors (Lipinski definition) is 0. The molecular weight excluding hydrogens is 218 g/mol. The lowest BCUT2D eigenvalue weighted by Crippen LogP contribution is -2.11. The summed E-state index contributed by atoms with van der Waals surface area (Å²) in [5.74, 6) is -0.623. The van der Waals surface area contributed by atoms with Crippen molar-refractivity contribution in [2.45, 2.75) is 6.92 Å². The van der Waals surface area contributed by atoms with Gasteiger partial charge >= 0.3 is 5.97 Å². The Kier molecular flexibility index (Phi) is 2.97. The van der Waals surface area contributed by atoms with Crippen molar-refractivity contribution >= 4 is 17.0 Å². The Bertz CT molecular complexity index is 617. The van der Waals surface area contributed by atoms with Crippen LogP contribution in [0, 0.1) is 11.3 Å². The lowest BCUT2D eigenvalue weighted by atomic mass is 10.2. The number of ether oxygens (including phenoxy) is 1. The Morgan fingerprint density at radius 1 is 1.35 bits per heavy atom.